The minimum Gasteiger partial charge on any atom is -0.453 e. The van der Waals surface area contributed by atoms with Gasteiger partial charge in [-0.3, -0.25) is 4.98 Å². The van der Waals surface area contributed by atoms with Gasteiger partial charge in [0, 0.05) is 17.2 Å². The van der Waals surface area contributed by atoms with Crippen molar-refractivity contribution in [2.45, 2.75) is 19.3 Å². The lowest BCUT2D eigenvalue weighted by Gasteiger charge is -2.45. The summed E-state index contributed by atoms with van der Waals surface area (Å²) in [6.07, 6.45) is 1.84. The van der Waals surface area contributed by atoms with E-state index < -0.39 is 0 Å². The fourth-order valence-electron chi connectivity index (χ4n) is 5.50. The van der Waals surface area contributed by atoms with E-state index >= 15 is 0 Å². The molecule has 0 fully saturated rings. The average molecular weight is 453 g/mol. The Morgan fingerprint density at radius 1 is 0.629 bits per heavy atom. The summed E-state index contributed by atoms with van der Waals surface area (Å²) in [5.41, 5.74) is 10.3. The van der Waals surface area contributed by atoms with Crippen LogP contribution in [0.3, 0.4) is 0 Å². The van der Waals surface area contributed by atoms with Gasteiger partial charge >= 0.3 is 0 Å². The van der Waals surface area contributed by atoms with Crippen molar-refractivity contribution in [2.75, 3.05) is 4.90 Å². The number of ether oxygens (including phenoxy) is 1. The lowest BCUT2D eigenvalue weighted by Crippen LogP contribution is -2.32. The Kier molecular flexibility index (Phi) is 4.19. The third-order valence-corrected chi connectivity index (χ3v) is 7.29. The van der Waals surface area contributed by atoms with Gasteiger partial charge in [-0.25, -0.2) is 0 Å². The molecule has 168 valence electrons. The Labute approximate surface area is 205 Å². The van der Waals surface area contributed by atoms with Gasteiger partial charge in [0.2, 0.25) is 0 Å². The first kappa shape index (κ1) is 20.0. The van der Waals surface area contributed by atoms with Gasteiger partial charge in [0.25, 0.3) is 0 Å². The molecular weight excluding hydrogens is 428 g/mol. The number of rotatable bonds is 2. The third kappa shape index (κ3) is 2.95. The molecule has 3 heterocycles. The average Bonchev–Trinajstić information content (AvgIpc) is 2.91. The lowest BCUT2D eigenvalue weighted by atomic mass is 9.72. The molecule has 4 aromatic carbocycles. The summed E-state index contributed by atoms with van der Waals surface area (Å²) in [5, 5.41) is 0. The highest BCUT2D eigenvalue weighted by molar-refractivity contribution is 5.93. The molecule has 3 heteroatoms. The van der Waals surface area contributed by atoms with E-state index in [0.29, 0.717) is 0 Å². The number of para-hydroxylation sites is 3. The molecule has 1 aromatic heterocycles. The zero-order valence-corrected chi connectivity index (χ0v) is 19.7. The molecule has 0 amide bonds. The normalized spacial score (nSPS) is 14.4. The van der Waals surface area contributed by atoms with Crippen molar-refractivity contribution in [3.63, 3.8) is 0 Å². The summed E-state index contributed by atoms with van der Waals surface area (Å²) in [7, 11) is 0. The molecule has 0 atom stereocenters. The highest BCUT2D eigenvalue weighted by atomic mass is 16.5. The molecule has 35 heavy (non-hydrogen) atoms. The molecule has 0 spiro atoms. The quantitative estimate of drug-likeness (QED) is 0.263. The molecule has 5 aromatic rings. The minimum absolute atomic E-state index is 0.179. The molecule has 0 radical (unpaired) electrons. The van der Waals surface area contributed by atoms with E-state index in [1.807, 2.05) is 30.5 Å². The number of aromatic nitrogens is 1. The van der Waals surface area contributed by atoms with Crippen LogP contribution in [0.1, 0.15) is 25.0 Å². The van der Waals surface area contributed by atoms with Crippen LogP contribution in [0.5, 0.6) is 11.5 Å². The topological polar surface area (TPSA) is 25.4 Å². The Morgan fingerprint density at radius 2 is 1.40 bits per heavy atom. The molecular formula is C32H24N2O. The van der Waals surface area contributed by atoms with Gasteiger partial charge in [-0.15, -0.1) is 0 Å². The molecule has 0 N–H and O–H groups in total. The number of anilines is 3. The molecule has 3 nitrogen and oxygen atoms in total. The first-order valence-corrected chi connectivity index (χ1v) is 12.0. The second kappa shape index (κ2) is 7.31. The van der Waals surface area contributed by atoms with E-state index in [9.17, 15) is 0 Å². The smallest absolute Gasteiger partial charge is 0.151 e. The Morgan fingerprint density at radius 3 is 2.29 bits per heavy atom. The zero-order chi connectivity index (χ0) is 23.6. The lowest BCUT2D eigenvalue weighted by molar-refractivity contribution is 0.471. The van der Waals surface area contributed by atoms with Gasteiger partial charge in [-0.2, -0.15) is 0 Å². The van der Waals surface area contributed by atoms with Crippen LogP contribution < -0.4 is 9.64 Å². The number of benzene rings is 4. The summed E-state index contributed by atoms with van der Waals surface area (Å²) in [5.74, 6) is 1.79. The standard InChI is InChI=1S/C32H24N2O/c1-32(2)24-11-8-15-30-31(24)34(28-13-3-4-14-29(28)35-30)27-17-16-22(20-25(27)32)21-9-7-10-23(19-21)26-12-5-6-18-33-26/h3-20H,1-2H3. The predicted molar refractivity (Wildman–Crippen MR) is 142 cm³/mol. The molecule has 0 aliphatic carbocycles. The first-order chi connectivity index (χ1) is 17.1. The number of nitrogens with zero attached hydrogens (tertiary/aromatic N) is 2. The van der Waals surface area contributed by atoms with Crippen molar-refractivity contribution < 1.29 is 4.74 Å². The number of fused-ring (bicyclic) bond motifs is 4. The van der Waals surface area contributed by atoms with Gasteiger partial charge in [0.05, 0.1) is 22.8 Å². The van der Waals surface area contributed by atoms with Crippen molar-refractivity contribution >= 4 is 17.1 Å². The van der Waals surface area contributed by atoms with Crippen LogP contribution in [0.15, 0.2) is 109 Å². The van der Waals surface area contributed by atoms with Crippen molar-refractivity contribution in [3.8, 4) is 33.9 Å². The highest BCUT2D eigenvalue weighted by Gasteiger charge is 2.41. The highest BCUT2D eigenvalue weighted by Crippen LogP contribution is 2.59. The third-order valence-electron chi connectivity index (χ3n) is 7.29. The number of hydrogen-bond acceptors (Lipinski definition) is 3. The van der Waals surface area contributed by atoms with Crippen LogP contribution in [-0.4, -0.2) is 4.98 Å². The summed E-state index contributed by atoms with van der Waals surface area (Å²) >= 11 is 0. The number of pyridine rings is 1. The van der Waals surface area contributed by atoms with Crippen molar-refractivity contribution in [3.05, 3.63) is 120 Å². The van der Waals surface area contributed by atoms with Crippen LogP contribution in [0.4, 0.5) is 17.1 Å². The van der Waals surface area contributed by atoms with Gasteiger partial charge in [0.1, 0.15) is 0 Å². The van der Waals surface area contributed by atoms with E-state index in [2.05, 4.69) is 103 Å². The fraction of sp³-hybridized carbons (Fsp3) is 0.0938. The minimum atomic E-state index is -0.179. The maximum absolute atomic E-state index is 6.33. The van der Waals surface area contributed by atoms with Crippen LogP contribution in [-0.2, 0) is 5.41 Å². The molecule has 7 rings (SSSR count). The zero-order valence-electron chi connectivity index (χ0n) is 19.7. The predicted octanol–water partition coefficient (Wildman–Crippen LogP) is 8.63. The summed E-state index contributed by atoms with van der Waals surface area (Å²) in [6.45, 7) is 4.63. The molecule has 0 bridgehead atoms. The van der Waals surface area contributed by atoms with Crippen LogP contribution in [0, 0.1) is 0 Å². The SMILES string of the molecule is CC1(C)c2cc(-c3cccc(-c4ccccn4)c3)ccc2N2c3ccccc3Oc3cccc1c32. The second-order valence-corrected chi connectivity index (χ2v) is 9.71. The van der Waals surface area contributed by atoms with Gasteiger partial charge in [-0.05, 0) is 70.8 Å². The Balaban J connectivity index is 1.42. The largest absolute Gasteiger partial charge is 0.453 e. The van der Waals surface area contributed by atoms with Crippen molar-refractivity contribution in [1.82, 2.24) is 4.98 Å². The van der Waals surface area contributed by atoms with E-state index in [1.165, 1.54) is 27.9 Å². The van der Waals surface area contributed by atoms with Crippen molar-refractivity contribution in [1.29, 1.82) is 0 Å². The second-order valence-electron chi connectivity index (χ2n) is 9.71. The van der Waals surface area contributed by atoms with E-state index in [1.54, 1.807) is 0 Å². The van der Waals surface area contributed by atoms with Crippen LogP contribution in [0.2, 0.25) is 0 Å². The van der Waals surface area contributed by atoms with Crippen molar-refractivity contribution in [2.24, 2.45) is 0 Å². The summed E-state index contributed by atoms with van der Waals surface area (Å²) in [6, 6.07) is 36.2. The first-order valence-electron chi connectivity index (χ1n) is 12.0. The molecule has 2 aliphatic heterocycles. The molecule has 0 saturated heterocycles. The van der Waals surface area contributed by atoms with E-state index in [4.69, 9.17) is 4.74 Å². The summed E-state index contributed by atoms with van der Waals surface area (Å²) in [4.78, 5) is 6.91. The Bertz CT molecular complexity index is 1600. The van der Waals surface area contributed by atoms with Gasteiger partial charge in [0.15, 0.2) is 11.5 Å². The monoisotopic (exact) mass is 452 g/mol. The number of hydrogen-bond donors (Lipinski definition) is 0. The molecule has 0 saturated carbocycles. The fourth-order valence-corrected chi connectivity index (χ4v) is 5.50. The molecule has 0 unspecified atom stereocenters. The van der Waals surface area contributed by atoms with Crippen LogP contribution in [0.25, 0.3) is 22.4 Å². The molecule has 2 aliphatic rings. The Hall–Kier alpha value is -4.37. The van der Waals surface area contributed by atoms with Crippen LogP contribution >= 0.6 is 0 Å². The van der Waals surface area contributed by atoms with E-state index in [-0.39, 0.29) is 5.41 Å². The maximum Gasteiger partial charge on any atom is 0.151 e. The van der Waals surface area contributed by atoms with Gasteiger partial charge in [-0.1, -0.05) is 68.4 Å². The summed E-state index contributed by atoms with van der Waals surface area (Å²) < 4.78 is 6.33. The van der Waals surface area contributed by atoms with Gasteiger partial charge < -0.3 is 9.64 Å². The maximum atomic E-state index is 6.33. The van der Waals surface area contributed by atoms with E-state index in [0.717, 1.165) is 34.1 Å².